The molecule has 2 heterocycles. The van der Waals surface area contributed by atoms with Crippen LogP contribution in [0.15, 0.2) is 42.9 Å². The zero-order valence-corrected chi connectivity index (χ0v) is 11.5. The normalized spacial score (nSPS) is 16.2. The first-order valence-electron chi connectivity index (χ1n) is 6.65. The standard InChI is InChI=1S/C15H13N3O4/c19-14(20)13-11-6-16-9-17-12(11)7-18(13)15(21)22-8-10-4-2-1-3-5-10/h1-6,9,13H,7-8H2,(H,19,20). The lowest BCUT2D eigenvalue weighted by Crippen LogP contribution is -2.34. The average molecular weight is 299 g/mol. The molecule has 0 spiro atoms. The third-order valence-electron chi connectivity index (χ3n) is 3.43. The van der Waals surface area contributed by atoms with Crippen LogP contribution in [0, 0.1) is 0 Å². The molecule has 1 aliphatic rings. The van der Waals surface area contributed by atoms with Gasteiger partial charge in [-0.1, -0.05) is 30.3 Å². The van der Waals surface area contributed by atoms with Crippen LogP contribution in [-0.4, -0.2) is 32.0 Å². The van der Waals surface area contributed by atoms with E-state index < -0.39 is 18.1 Å². The second kappa shape index (κ2) is 5.80. The number of carboxylic acids is 1. The van der Waals surface area contributed by atoms with Gasteiger partial charge >= 0.3 is 12.1 Å². The minimum absolute atomic E-state index is 0.0878. The number of carboxylic acid groups (broad SMARTS) is 1. The van der Waals surface area contributed by atoms with Crippen LogP contribution in [0.5, 0.6) is 0 Å². The van der Waals surface area contributed by atoms with Gasteiger partial charge in [-0.15, -0.1) is 0 Å². The van der Waals surface area contributed by atoms with E-state index in [2.05, 4.69) is 9.97 Å². The van der Waals surface area contributed by atoms with E-state index in [1.54, 1.807) is 0 Å². The van der Waals surface area contributed by atoms with Crippen LogP contribution in [0.25, 0.3) is 0 Å². The van der Waals surface area contributed by atoms with Gasteiger partial charge in [0, 0.05) is 11.8 Å². The van der Waals surface area contributed by atoms with Gasteiger partial charge < -0.3 is 9.84 Å². The van der Waals surface area contributed by atoms with E-state index in [1.807, 2.05) is 30.3 Å². The minimum Gasteiger partial charge on any atom is -0.479 e. The molecule has 0 saturated heterocycles. The van der Waals surface area contributed by atoms with Gasteiger partial charge in [0.05, 0.1) is 12.2 Å². The molecule has 1 N–H and O–H groups in total. The third-order valence-corrected chi connectivity index (χ3v) is 3.43. The molecule has 0 bridgehead atoms. The van der Waals surface area contributed by atoms with E-state index in [0.29, 0.717) is 11.3 Å². The van der Waals surface area contributed by atoms with Crippen molar-refractivity contribution in [1.82, 2.24) is 14.9 Å². The van der Waals surface area contributed by atoms with Crippen LogP contribution in [0.4, 0.5) is 4.79 Å². The molecule has 7 heteroatoms. The molecule has 7 nitrogen and oxygen atoms in total. The number of hydrogen-bond acceptors (Lipinski definition) is 5. The minimum atomic E-state index is -1.13. The Morgan fingerprint density at radius 2 is 2.09 bits per heavy atom. The van der Waals surface area contributed by atoms with Crippen LogP contribution < -0.4 is 0 Å². The highest BCUT2D eigenvalue weighted by atomic mass is 16.6. The number of aliphatic carboxylic acids is 1. The number of nitrogens with zero attached hydrogens (tertiary/aromatic N) is 3. The van der Waals surface area contributed by atoms with Gasteiger partial charge in [-0.2, -0.15) is 0 Å². The number of benzene rings is 1. The van der Waals surface area contributed by atoms with Gasteiger partial charge in [-0.25, -0.2) is 19.6 Å². The molecule has 1 aromatic carbocycles. The van der Waals surface area contributed by atoms with Crippen molar-refractivity contribution in [2.24, 2.45) is 0 Å². The van der Waals surface area contributed by atoms with E-state index in [9.17, 15) is 14.7 Å². The number of ether oxygens (including phenoxy) is 1. The first-order chi connectivity index (χ1) is 10.7. The number of amides is 1. The van der Waals surface area contributed by atoms with Crippen molar-refractivity contribution in [3.63, 3.8) is 0 Å². The zero-order valence-electron chi connectivity index (χ0n) is 11.5. The molecule has 2 aromatic rings. The maximum absolute atomic E-state index is 12.2. The molecule has 1 atom stereocenters. The van der Waals surface area contributed by atoms with Gasteiger partial charge in [-0.3, -0.25) is 4.90 Å². The van der Waals surface area contributed by atoms with Crippen molar-refractivity contribution in [3.05, 3.63) is 59.7 Å². The fourth-order valence-corrected chi connectivity index (χ4v) is 2.39. The molecule has 0 radical (unpaired) electrons. The highest BCUT2D eigenvalue weighted by molar-refractivity contribution is 5.83. The Bertz CT molecular complexity index is 705. The summed E-state index contributed by atoms with van der Waals surface area (Å²) in [5.41, 5.74) is 1.78. The largest absolute Gasteiger partial charge is 0.479 e. The number of hydrogen-bond donors (Lipinski definition) is 1. The van der Waals surface area contributed by atoms with E-state index in [4.69, 9.17) is 4.74 Å². The lowest BCUT2D eigenvalue weighted by molar-refractivity contribution is -0.142. The second-order valence-electron chi connectivity index (χ2n) is 4.83. The van der Waals surface area contributed by atoms with Crippen LogP contribution in [-0.2, 0) is 22.7 Å². The van der Waals surface area contributed by atoms with Crippen molar-refractivity contribution >= 4 is 12.1 Å². The topological polar surface area (TPSA) is 92.6 Å². The van der Waals surface area contributed by atoms with Crippen LogP contribution in [0.1, 0.15) is 22.9 Å². The summed E-state index contributed by atoms with van der Waals surface area (Å²) >= 11 is 0. The molecule has 3 rings (SSSR count). The molecular weight excluding hydrogens is 286 g/mol. The monoisotopic (exact) mass is 299 g/mol. The lowest BCUT2D eigenvalue weighted by Gasteiger charge is -2.20. The van der Waals surface area contributed by atoms with Crippen molar-refractivity contribution in [3.8, 4) is 0 Å². The van der Waals surface area contributed by atoms with Gasteiger partial charge in [-0.05, 0) is 5.56 Å². The molecular formula is C15H13N3O4. The number of carbonyl (C=O) groups excluding carboxylic acids is 1. The van der Waals surface area contributed by atoms with E-state index in [-0.39, 0.29) is 13.2 Å². The summed E-state index contributed by atoms with van der Waals surface area (Å²) in [5, 5.41) is 9.36. The van der Waals surface area contributed by atoms with Crippen LogP contribution in [0.3, 0.4) is 0 Å². The highest BCUT2D eigenvalue weighted by Crippen LogP contribution is 2.32. The number of aromatic nitrogens is 2. The summed E-state index contributed by atoms with van der Waals surface area (Å²) in [5.74, 6) is -1.13. The highest BCUT2D eigenvalue weighted by Gasteiger charge is 2.40. The van der Waals surface area contributed by atoms with Gasteiger partial charge in [0.15, 0.2) is 6.04 Å². The summed E-state index contributed by atoms with van der Waals surface area (Å²) in [4.78, 5) is 32.6. The zero-order chi connectivity index (χ0) is 15.5. The SMILES string of the molecule is O=C(O)C1c2cncnc2CN1C(=O)OCc1ccccc1. The third kappa shape index (κ3) is 2.60. The summed E-state index contributed by atoms with van der Waals surface area (Å²) in [6.45, 7) is 0.187. The smallest absolute Gasteiger partial charge is 0.411 e. The van der Waals surface area contributed by atoms with E-state index in [0.717, 1.165) is 10.5 Å². The number of carbonyl (C=O) groups is 2. The molecule has 1 aromatic heterocycles. The predicted octanol–water partition coefficient (Wildman–Crippen LogP) is 1.75. The summed E-state index contributed by atoms with van der Waals surface area (Å²) < 4.78 is 5.20. The average Bonchev–Trinajstić information content (AvgIpc) is 2.93. The van der Waals surface area contributed by atoms with E-state index in [1.165, 1.54) is 12.5 Å². The molecule has 112 valence electrons. The van der Waals surface area contributed by atoms with Crippen LogP contribution >= 0.6 is 0 Å². The van der Waals surface area contributed by atoms with E-state index >= 15 is 0 Å². The Kier molecular flexibility index (Phi) is 3.69. The van der Waals surface area contributed by atoms with Gasteiger partial charge in [0.1, 0.15) is 12.9 Å². The molecule has 1 aliphatic heterocycles. The lowest BCUT2D eigenvalue weighted by atomic mass is 10.1. The maximum Gasteiger partial charge on any atom is 0.411 e. The molecule has 22 heavy (non-hydrogen) atoms. The first-order valence-corrected chi connectivity index (χ1v) is 6.65. The molecule has 0 fully saturated rings. The maximum atomic E-state index is 12.2. The Hall–Kier alpha value is -2.96. The van der Waals surface area contributed by atoms with Crippen molar-refractivity contribution < 1.29 is 19.4 Å². The summed E-state index contributed by atoms with van der Waals surface area (Å²) in [6, 6.07) is 8.08. The molecule has 1 amide bonds. The Morgan fingerprint density at radius 3 is 2.82 bits per heavy atom. The number of fused-ring (bicyclic) bond motifs is 1. The van der Waals surface area contributed by atoms with Crippen LogP contribution in [0.2, 0.25) is 0 Å². The summed E-state index contributed by atoms with van der Waals surface area (Å²) in [7, 11) is 0. The molecule has 0 saturated carbocycles. The summed E-state index contributed by atoms with van der Waals surface area (Å²) in [6.07, 6.45) is 2.07. The second-order valence-corrected chi connectivity index (χ2v) is 4.83. The number of rotatable bonds is 3. The fraction of sp³-hybridized carbons (Fsp3) is 0.200. The molecule has 1 unspecified atom stereocenters. The predicted molar refractivity (Wildman–Crippen MR) is 74.6 cm³/mol. The Labute approximate surface area is 126 Å². The van der Waals surface area contributed by atoms with Crippen molar-refractivity contribution in [1.29, 1.82) is 0 Å². The molecule has 0 aliphatic carbocycles. The van der Waals surface area contributed by atoms with Crippen molar-refractivity contribution in [2.75, 3.05) is 0 Å². The van der Waals surface area contributed by atoms with Crippen molar-refractivity contribution in [2.45, 2.75) is 19.2 Å². The Balaban J connectivity index is 1.74. The van der Waals surface area contributed by atoms with Gasteiger partial charge in [0.2, 0.25) is 0 Å². The van der Waals surface area contributed by atoms with Gasteiger partial charge in [0.25, 0.3) is 0 Å². The fourth-order valence-electron chi connectivity index (χ4n) is 2.39. The Morgan fingerprint density at radius 1 is 1.32 bits per heavy atom. The quantitative estimate of drug-likeness (QED) is 0.928. The first kappa shape index (κ1) is 14.0.